The van der Waals surface area contributed by atoms with Crippen molar-refractivity contribution in [2.45, 2.75) is 30.9 Å². The number of ether oxygens (including phenoxy) is 2. The molecule has 1 fully saturated rings. The average Bonchev–Trinajstić information content (AvgIpc) is 2.82. The van der Waals surface area contributed by atoms with Crippen LogP contribution in [0.15, 0.2) is 15.9 Å². The molecule has 0 aliphatic carbocycles. The molecule has 1 aliphatic rings. The number of halogens is 1. The van der Waals surface area contributed by atoms with E-state index in [2.05, 4.69) is 32.7 Å². The van der Waals surface area contributed by atoms with Crippen molar-refractivity contribution in [2.24, 2.45) is 0 Å². The van der Waals surface area contributed by atoms with Gasteiger partial charge in [0.1, 0.15) is 0 Å². The maximum Gasteiger partial charge on any atom is 0.0878 e. The maximum absolute atomic E-state index is 5.86. The normalized spacial score (nSPS) is 20.8. The van der Waals surface area contributed by atoms with Crippen molar-refractivity contribution < 1.29 is 9.47 Å². The summed E-state index contributed by atoms with van der Waals surface area (Å²) in [4.78, 5) is 1.38. The minimum atomic E-state index is -0.0938. The summed E-state index contributed by atoms with van der Waals surface area (Å²) in [7, 11) is 3.84. The fraction of sp³-hybridized carbons (Fsp3) is 0.692. The highest BCUT2D eigenvalue weighted by Crippen LogP contribution is 2.31. The van der Waals surface area contributed by atoms with Gasteiger partial charge in [0.2, 0.25) is 0 Å². The van der Waals surface area contributed by atoms with Crippen LogP contribution in [0.25, 0.3) is 0 Å². The summed E-state index contributed by atoms with van der Waals surface area (Å²) in [5, 5.41) is 5.56. The van der Waals surface area contributed by atoms with Gasteiger partial charge < -0.3 is 14.8 Å². The first-order valence-corrected chi connectivity index (χ1v) is 7.90. The van der Waals surface area contributed by atoms with Crippen molar-refractivity contribution in [1.82, 2.24) is 5.32 Å². The molecule has 1 atom stereocenters. The van der Waals surface area contributed by atoms with Gasteiger partial charge in [0.25, 0.3) is 0 Å². The third-order valence-corrected chi connectivity index (χ3v) is 5.48. The quantitative estimate of drug-likeness (QED) is 0.898. The van der Waals surface area contributed by atoms with Crippen LogP contribution in [0.5, 0.6) is 0 Å². The number of rotatable bonds is 5. The van der Waals surface area contributed by atoms with Gasteiger partial charge in [-0.15, -0.1) is 11.3 Å². The minimum absolute atomic E-state index is 0.0938. The third kappa shape index (κ3) is 3.14. The number of thiophene rings is 1. The SMILES string of the molecule is CNC(Cc1cc(Br)cs1)C1(OC)CCOCC1. The molecule has 1 N–H and O–H groups in total. The second-order valence-corrected chi connectivity index (χ2v) is 6.57. The summed E-state index contributed by atoms with van der Waals surface area (Å²) in [5.74, 6) is 0. The van der Waals surface area contributed by atoms with E-state index in [-0.39, 0.29) is 5.60 Å². The van der Waals surface area contributed by atoms with Crippen LogP contribution in [0.4, 0.5) is 0 Å². The van der Waals surface area contributed by atoms with E-state index >= 15 is 0 Å². The Bertz CT molecular complexity index is 377. The topological polar surface area (TPSA) is 30.5 Å². The molecular formula is C13H20BrNO2S. The Morgan fingerprint density at radius 1 is 1.56 bits per heavy atom. The van der Waals surface area contributed by atoms with Crippen LogP contribution in [0.2, 0.25) is 0 Å². The van der Waals surface area contributed by atoms with Gasteiger partial charge in [0.15, 0.2) is 0 Å². The van der Waals surface area contributed by atoms with Crippen LogP contribution >= 0.6 is 27.3 Å². The molecule has 102 valence electrons. The molecule has 0 amide bonds. The second-order valence-electron chi connectivity index (χ2n) is 4.66. The number of nitrogens with one attached hydrogen (secondary N) is 1. The lowest BCUT2D eigenvalue weighted by Crippen LogP contribution is -2.55. The second kappa shape index (κ2) is 6.48. The van der Waals surface area contributed by atoms with Gasteiger partial charge in [-0.1, -0.05) is 0 Å². The lowest BCUT2D eigenvalue weighted by Gasteiger charge is -2.42. The summed E-state index contributed by atoms with van der Waals surface area (Å²) in [6.07, 6.45) is 2.92. The summed E-state index contributed by atoms with van der Waals surface area (Å²) in [6.45, 7) is 1.58. The Kier molecular flexibility index (Phi) is 5.21. The van der Waals surface area contributed by atoms with E-state index in [1.165, 1.54) is 4.88 Å². The monoisotopic (exact) mass is 333 g/mol. The number of hydrogen-bond donors (Lipinski definition) is 1. The van der Waals surface area contributed by atoms with Crippen LogP contribution in [-0.4, -0.2) is 39.0 Å². The van der Waals surface area contributed by atoms with E-state index in [9.17, 15) is 0 Å². The first kappa shape index (κ1) is 14.5. The molecule has 3 nitrogen and oxygen atoms in total. The summed E-state index contributed by atoms with van der Waals surface area (Å²) < 4.78 is 12.5. The Morgan fingerprint density at radius 3 is 2.78 bits per heavy atom. The Balaban J connectivity index is 2.10. The highest BCUT2D eigenvalue weighted by atomic mass is 79.9. The third-order valence-electron chi connectivity index (χ3n) is 3.76. The smallest absolute Gasteiger partial charge is 0.0878 e. The van der Waals surface area contributed by atoms with Crippen LogP contribution < -0.4 is 5.32 Å². The molecule has 0 spiro atoms. The molecule has 1 unspecified atom stereocenters. The number of likely N-dealkylation sites (N-methyl/N-ethyl adjacent to an activating group) is 1. The van der Waals surface area contributed by atoms with Crippen molar-refractivity contribution >= 4 is 27.3 Å². The molecule has 0 saturated carbocycles. The molecule has 2 rings (SSSR count). The molecule has 2 heterocycles. The Morgan fingerprint density at radius 2 is 2.28 bits per heavy atom. The summed E-state index contributed by atoms with van der Waals surface area (Å²) in [6, 6.07) is 2.52. The molecule has 5 heteroatoms. The van der Waals surface area contributed by atoms with Gasteiger partial charge in [-0.25, -0.2) is 0 Å². The first-order valence-electron chi connectivity index (χ1n) is 6.23. The largest absolute Gasteiger partial charge is 0.381 e. The van der Waals surface area contributed by atoms with Crippen molar-refractivity contribution in [2.75, 3.05) is 27.4 Å². The van der Waals surface area contributed by atoms with Crippen molar-refractivity contribution in [3.63, 3.8) is 0 Å². The molecule has 1 aliphatic heterocycles. The minimum Gasteiger partial charge on any atom is -0.381 e. The zero-order valence-corrected chi connectivity index (χ0v) is 13.3. The van der Waals surface area contributed by atoms with Gasteiger partial charge in [-0.3, -0.25) is 0 Å². The maximum atomic E-state index is 5.86. The van der Waals surface area contributed by atoms with Crippen molar-refractivity contribution in [3.8, 4) is 0 Å². The Hall–Kier alpha value is 0.0600. The van der Waals surface area contributed by atoms with Crippen LogP contribution in [0.3, 0.4) is 0 Å². The fourth-order valence-electron chi connectivity index (χ4n) is 2.62. The molecule has 18 heavy (non-hydrogen) atoms. The lowest BCUT2D eigenvalue weighted by molar-refractivity contribution is -0.109. The van der Waals surface area contributed by atoms with E-state index < -0.39 is 0 Å². The van der Waals surface area contributed by atoms with Gasteiger partial charge >= 0.3 is 0 Å². The number of methoxy groups -OCH3 is 1. The van der Waals surface area contributed by atoms with Gasteiger partial charge in [0, 0.05) is 53.9 Å². The molecular weight excluding hydrogens is 314 g/mol. The fourth-order valence-corrected chi connectivity index (χ4v) is 4.12. The molecule has 1 aromatic heterocycles. The molecule has 0 aromatic carbocycles. The Labute approximate surface area is 121 Å². The van der Waals surface area contributed by atoms with Gasteiger partial charge in [-0.05, 0) is 35.5 Å². The van der Waals surface area contributed by atoms with E-state index in [0.29, 0.717) is 6.04 Å². The van der Waals surface area contributed by atoms with Crippen LogP contribution in [0, 0.1) is 0 Å². The van der Waals surface area contributed by atoms with E-state index in [1.54, 1.807) is 11.3 Å². The highest BCUT2D eigenvalue weighted by Gasteiger charge is 2.39. The molecule has 0 radical (unpaired) electrons. The van der Waals surface area contributed by atoms with Crippen LogP contribution in [-0.2, 0) is 15.9 Å². The zero-order chi connectivity index (χ0) is 13.0. The molecule has 0 bridgehead atoms. The predicted octanol–water partition coefficient (Wildman–Crippen LogP) is 2.84. The zero-order valence-electron chi connectivity index (χ0n) is 10.9. The van der Waals surface area contributed by atoms with Crippen molar-refractivity contribution in [1.29, 1.82) is 0 Å². The van der Waals surface area contributed by atoms with E-state index in [1.807, 2.05) is 14.2 Å². The van der Waals surface area contributed by atoms with E-state index in [0.717, 1.165) is 36.9 Å². The van der Waals surface area contributed by atoms with Gasteiger partial charge in [0.05, 0.1) is 5.60 Å². The standard InChI is InChI=1S/C13H20BrNO2S/c1-15-12(8-11-7-10(14)9-18-11)13(16-2)3-5-17-6-4-13/h7,9,12,15H,3-6,8H2,1-2H3. The number of hydrogen-bond acceptors (Lipinski definition) is 4. The van der Waals surface area contributed by atoms with Crippen LogP contribution in [0.1, 0.15) is 17.7 Å². The lowest BCUT2D eigenvalue weighted by atomic mass is 9.84. The van der Waals surface area contributed by atoms with Crippen molar-refractivity contribution in [3.05, 3.63) is 20.8 Å². The first-order chi connectivity index (χ1) is 8.70. The van der Waals surface area contributed by atoms with E-state index in [4.69, 9.17) is 9.47 Å². The molecule has 1 saturated heterocycles. The molecule has 1 aromatic rings. The predicted molar refractivity (Wildman–Crippen MR) is 78.4 cm³/mol. The van der Waals surface area contributed by atoms with Gasteiger partial charge in [-0.2, -0.15) is 0 Å². The average molecular weight is 334 g/mol. The summed E-state index contributed by atoms with van der Waals surface area (Å²) >= 11 is 5.30. The highest BCUT2D eigenvalue weighted by molar-refractivity contribution is 9.10. The summed E-state index contributed by atoms with van der Waals surface area (Å²) in [5.41, 5.74) is -0.0938.